The zero-order chi connectivity index (χ0) is 14.7. The number of nitrogens with one attached hydrogen (secondary N) is 2. The molecule has 20 heavy (non-hydrogen) atoms. The molecule has 1 rings (SSSR count). The lowest BCUT2D eigenvalue weighted by Gasteiger charge is -2.25. The average molecular weight is 278 g/mol. The molecule has 114 valence electrons. The third kappa shape index (κ3) is 7.04. The van der Waals surface area contributed by atoms with Crippen molar-refractivity contribution in [3.63, 3.8) is 0 Å². The van der Waals surface area contributed by atoms with Gasteiger partial charge >= 0.3 is 0 Å². The highest BCUT2D eigenvalue weighted by Gasteiger charge is 2.19. The lowest BCUT2D eigenvalue weighted by Crippen LogP contribution is -2.28. The third-order valence-electron chi connectivity index (χ3n) is 3.67. The van der Waals surface area contributed by atoms with Crippen molar-refractivity contribution in [2.45, 2.75) is 32.1 Å². The average Bonchev–Trinajstić information content (AvgIpc) is 2.46. The number of rotatable bonds is 11. The van der Waals surface area contributed by atoms with Crippen LogP contribution in [0.1, 0.15) is 32.3 Å². The second-order valence-electron chi connectivity index (χ2n) is 5.85. The Morgan fingerprint density at radius 3 is 2.25 bits per heavy atom. The van der Waals surface area contributed by atoms with Gasteiger partial charge in [0.05, 0.1) is 6.61 Å². The van der Waals surface area contributed by atoms with Crippen LogP contribution < -0.4 is 10.6 Å². The largest absolute Gasteiger partial charge is 0.383 e. The van der Waals surface area contributed by atoms with Crippen LogP contribution in [0.3, 0.4) is 0 Å². The van der Waals surface area contributed by atoms with Crippen molar-refractivity contribution in [3.8, 4) is 0 Å². The van der Waals surface area contributed by atoms with Gasteiger partial charge in [-0.25, -0.2) is 0 Å². The monoisotopic (exact) mass is 278 g/mol. The Morgan fingerprint density at radius 2 is 1.60 bits per heavy atom. The summed E-state index contributed by atoms with van der Waals surface area (Å²) in [5.41, 5.74) is 1.66. The summed E-state index contributed by atoms with van der Waals surface area (Å²) in [4.78, 5) is 0. The molecule has 0 unspecified atom stereocenters. The molecular weight excluding hydrogens is 248 g/mol. The second kappa shape index (κ2) is 9.92. The minimum Gasteiger partial charge on any atom is -0.383 e. The Bertz CT molecular complexity index is 338. The highest BCUT2D eigenvalue weighted by Crippen LogP contribution is 2.25. The van der Waals surface area contributed by atoms with E-state index in [2.05, 4.69) is 54.8 Å². The van der Waals surface area contributed by atoms with Crippen LogP contribution in [0.15, 0.2) is 30.3 Å². The molecule has 1 aromatic rings. The summed E-state index contributed by atoms with van der Waals surface area (Å²) < 4.78 is 4.99. The van der Waals surface area contributed by atoms with Gasteiger partial charge in [-0.3, -0.25) is 0 Å². The molecule has 0 atom stereocenters. The summed E-state index contributed by atoms with van der Waals surface area (Å²) in [6.45, 7) is 9.56. The normalized spacial score (nSPS) is 11.8. The fraction of sp³-hybridized carbons (Fsp3) is 0.647. The molecule has 0 amide bonds. The Hall–Kier alpha value is -0.900. The van der Waals surface area contributed by atoms with Crippen molar-refractivity contribution in [2.75, 3.05) is 39.9 Å². The molecule has 0 bridgehead atoms. The molecule has 2 N–H and O–H groups in total. The predicted molar refractivity (Wildman–Crippen MR) is 86.3 cm³/mol. The SMILES string of the molecule is COCCNCCCNCCC(C)(C)c1ccccc1. The van der Waals surface area contributed by atoms with Crippen LogP contribution in [-0.2, 0) is 10.2 Å². The molecule has 3 heteroatoms. The highest BCUT2D eigenvalue weighted by molar-refractivity contribution is 5.23. The topological polar surface area (TPSA) is 33.3 Å². The fourth-order valence-electron chi connectivity index (χ4n) is 2.20. The first kappa shape index (κ1) is 17.2. The van der Waals surface area contributed by atoms with E-state index in [1.54, 1.807) is 7.11 Å². The molecule has 0 heterocycles. The minimum atomic E-state index is 0.241. The van der Waals surface area contributed by atoms with Gasteiger partial charge in [0.2, 0.25) is 0 Å². The number of ether oxygens (including phenoxy) is 1. The summed E-state index contributed by atoms with van der Waals surface area (Å²) in [5, 5.41) is 6.89. The molecule has 0 saturated heterocycles. The van der Waals surface area contributed by atoms with E-state index >= 15 is 0 Å². The van der Waals surface area contributed by atoms with Gasteiger partial charge in [0.15, 0.2) is 0 Å². The molecule has 0 aromatic heterocycles. The van der Waals surface area contributed by atoms with Crippen molar-refractivity contribution < 1.29 is 4.74 Å². The number of methoxy groups -OCH3 is 1. The highest BCUT2D eigenvalue weighted by atomic mass is 16.5. The molecule has 3 nitrogen and oxygen atoms in total. The van der Waals surface area contributed by atoms with Crippen molar-refractivity contribution in [2.24, 2.45) is 0 Å². The van der Waals surface area contributed by atoms with Crippen molar-refractivity contribution in [3.05, 3.63) is 35.9 Å². The zero-order valence-electron chi connectivity index (χ0n) is 13.2. The second-order valence-corrected chi connectivity index (χ2v) is 5.85. The van der Waals surface area contributed by atoms with Crippen molar-refractivity contribution in [1.29, 1.82) is 0 Å². The van der Waals surface area contributed by atoms with Gasteiger partial charge in [0, 0.05) is 13.7 Å². The van der Waals surface area contributed by atoms with Gasteiger partial charge in [-0.15, -0.1) is 0 Å². The van der Waals surface area contributed by atoms with Gasteiger partial charge in [0.25, 0.3) is 0 Å². The molecule has 0 aliphatic carbocycles. The van der Waals surface area contributed by atoms with E-state index in [-0.39, 0.29) is 5.41 Å². The molecule has 0 aliphatic rings. The Kier molecular flexibility index (Phi) is 8.51. The summed E-state index contributed by atoms with van der Waals surface area (Å²) >= 11 is 0. The molecular formula is C17H30N2O. The quantitative estimate of drug-likeness (QED) is 0.610. The van der Waals surface area contributed by atoms with Crippen LogP contribution in [0, 0.1) is 0 Å². The number of hydrogen-bond acceptors (Lipinski definition) is 3. The first-order valence-electron chi connectivity index (χ1n) is 7.63. The fourth-order valence-corrected chi connectivity index (χ4v) is 2.20. The lowest BCUT2D eigenvalue weighted by molar-refractivity contribution is 0.199. The number of hydrogen-bond donors (Lipinski definition) is 2. The van der Waals surface area contributed by atoms with E-state index < -0.39 is 0 Å². The molecule has 1 aromatic carbocycles. The van der Waals surface area contributed by atoms with Gasteiger partial charge in [0.1, 0.15) is 0 Å². The minimum absolute atomic E-state index is 0.241. The first-order valence-corrected chi connectivity index (χ1v) is 7.63. The van der Waals surface area contributed by atoms with Crippen molar-refractivity contribution >= 4 is 0 Å². The molecule has 0 spiro atoms. The summed E-state index contributed by atoms with van der Waals surface area (Å²) in [7, 11) is 1.73. The summed E-state index contributed by atoms with van der Waals surface area (Å²) in [6, 6.07) is 10.8. The smallest absolute Gasteiger partial charge is 0.0587 e. The van der Waals surface area contributed by atoms with E-state index in [4.69, 9.17) is 4.74 Å². The molecule has 0 saturated carbocycles. The Labute approximate surface area is 124 Å². The van der Waals surface area contributed by atoms with E-state index in [1.165, 1.54) is 5.56 Å². The standard InChI is InChI=1S/C17H30N2O/c1-17(2,16-8-5-4-6-9-16)10-13-18-11-7-12-19-14-15-20-3/h4-6,8-9,18-19H,7,10-15H2,1-3H3. The van der Waals surface area contributed by atoms with E-state index in [0.29, 0.717) is 0 Å². The molecule has 0 fully saturated rings. The van der Waals surface area contributed by atoms with Gasteiger partial charge in [-0.05, 0) is 43.5 Å². The van der Waals surface area contributed by atoms with Crippen LogP contribution in [0.2, 0.25) is 0 Å². The third-order valence-corrected chi connectivity index (χ3v) is 3.67. The Balaban J connectivity index is 2.06. The predicted octanol–water partition coefficient (Wildman–Crippen LogP) is 2.57. The van der Waals surface area contributed by atoms with Crippen LogP contribution in [-0.4, -0.2) is 39.9 Å². The zero-order valence-corrected chi connectivity index (χ0v) is 13.2. The van der Waals surface area contributed by atoms with Gasteiger partial charge < -0.3 is 15.4 Å². The van der Waals surface area contributed by atoms with Gasteiger partial charge in [-0.2, -0.15) is 0 Å². The van der Waals surface area contributed by atoms with Crippen LogP contribution in [0.4, 0.5) is 0 Å². The first-order chi connectivity index (χ1) is 9.67. The van der Waals surface area contributed by atoms with E-state index in [9.17, 15) is 0 Å². The van der Waals surface area contributed by atoms with Crippen LogP contribution in [0.5, 0.6) is 0 Å². The molecule has 0 aliphatic heterocycles. The maximum absolute atomic E-state index is 4.99. The van der Waals surface area contributed by atoms with E-state index in [0.717, 1.165) is 45.6 Å². The maximum atomic E-state index is 4.99. The maximum Gasteiger partial charge on any atom is 0.0587 e. The summed E-state index contributed by atoms with van der Waals surface area (Å²) in [6.07, 6.45) is 2.32. The van der Waals surface area contributed by atoms with Gasteiger partial charge in [-0.1, -0.05) is 44.2 Å². The Morgan fingerprint density at radius 1 is 0.950 bits per heavy atom. The van der Waals surface area contributed by atoms with Crippen LogP contribution in [0.25, 0.3) is 0 Å². The summed E-state index contributed by atoms with van der Waals surface area (Å²) in [5.74, 6) is 0. The van der Waals surface area contributed by atoms with Crippen molar-refractivity contribution in [1.82, 2.24) is 10.6 Å². The van der Waals surface area contributed by atoms with Crippen LogP contribution >= 0.6 is 0 Å². The molecule has 0 radical (unpaired) electrons. The van der Waals surface area contributed by atoms with E-state index in [1.807, 2.05) is 0 Å². The number of benzene rings is 1. The lowest BCUT2D eigenvalue weighted by atomic mass is 9.81.